The maximum Gasteiger partial charge on any atom is 0.261 e. The molecule has 0 spiro atoms. The fourth-order valence-corrected chi connectivity index (χ4v) is 17.7. The van der Waals surface area contributed by atoms with Crippen molar-refractivity contribution < 1.29 is 9.59 Å². The molecule has 6 nitrogen and oxygen atoms in total. The summed E-state index contributed by atoms with van der Waals surface area (Å²) in [7, 11) is 0. The molecule has 2 unspecified atom stereocenters. The van der Waals surface area contributed by atoms with Gasteiger partial charge in [-0.1, -0.05) is 282 Å². The summed E-state index contributed by atoms with van der Waals surface area (Å²) in [6, 6.07) is 23.2. The molecule has 6 heterocycles. The Hall–Kier alpha value is -4.22. The van der Waals surface area contributed by atoms with Crippen LogP contribution in [0.15, 0.2) is 89.9 Å². The van der Waals surface area contributed by atoms with Crippen molar-refractivity contribution >= 4 is 72.3 Å². The lowest BCUT2D eigenvalue weighted by molar-refractivity contribution is -0.124. The molecule has 0 radical (unpaired) electrons. The smallest absolute Gasteiger partial charge is 0.261 e. The number of amides is 2. The topological polar surface area (TPSA) is 66.4 Å². The number of carbonyl (C=O) groups excluding carboxylic acids is 2. The van der Waals surface area contributed by atoms with E-state index in [1.165, 1.54) is 247 Å². The monoisotopic (exact) mass is 1240 g/mol. The highest BCUT2D eigenvalue weighted by Crippen LogP contribution is 2.48. The van der Waals surface area contributed by atoms with Crippen molar-refractivity contribution in [3.8, 4) is 19.5 Å². The number of unbranched alkanes of at least 4 members (excludes halogenated alkanes) is 24. The number of hydrogen-bond acceptors (Lipinski definition) is 8. The molecule has 86 heavy (non-hydrogen) atoms. The molecule has 2 aliphatic heterocycles. The quantitative estimate of drug-likeness (QED) is 0.0357. The number of allylic oxidation sites excluding steroid dienone is 1. The van der Waals surface area contributed by atoms with E-state index in [9.17, 15) is 0 Å². The molecule has 10 heteroatoms. The molecular weight excluding hydrogens is 1130 g/mol. The Balaban J connectivity index is 0.943. The third-order valence-electron chi connectivity index (χ3n) is 18.7. The molecule has 0 aliphatic carbocycles. The second kappa shape index (κ2) is 37.1. The molecule has 2 amide bonds. The van der Waals surface area contributed by atoms with Crippen LogP contribution in [0, 0.1) is 18.8 Å². The normalized spacial score (nSPS) is 14.3. The second-order valence-corrected chi connectivity index (χ2v) is 30.2. The molecule has 0 saturated carbocycles. The van der Waals surface area contributed by atoms with Gasteiger partial charge in [0.25, 0.3) is 11.8 Å². The fraction of sp³-hybridized carbons (Fsp3) is 0.605. The van der Waals surface area contributed by atoms with Gasteiger partial charge < -0.3 is 9.80 Å². The van der Waals surface area contributed by atoms with E-state index in [2.05, 4.69) is 100 Å². The van der Waals surface area contributed by atoms with Crippen LogP contribution in [0.25, 0.3) is 34.6 Å². The van der Waals surface area contributed by atoms with E-state index in [-0.39, 0.29) is 11.8 Å². The zero-order valence-corrected chi connectivity index (χ0v) is 57.5. The Morgan fingerprint density at radius 3 is 1.16 bits per heavy atom. The first-order valence-corrected chi connectivity index (χ1v) is 38.1. The van der Waals surface area contributed by atoms with E-state index in [1.54, 1.807) is 34.0 Å². The summed E-state index contributed by atoms with van der Waals surface area (Å²) in [5, 5.41) is 1.81. The van der Waals surface area contributed by atoms with Crippen molar-refractivity contribution in [2.45, 2.75) is 273 Å². The van der Waals surface area contributed by atoms with Gasteiger partial charge in [-0.2, -0.15) is 0 Å². The average Bonchev–Trinajstić information content (AvgIpc) is 2.02. The fourth-order valence-electron chi connectivity index (χ4n) is 13.4. The Morgan fingerprint density at radius 1 is 0.395 bits per heavy atom. The van der Waals surface area contributed by atoms with Crippen LogP contribution in [-0.2, 0) is 35.3 Å². The number of aryl methyl sites for hydroxylation is 1. The number of aromatic nitrogens is 2. The summed E-state index contributed by atoms with van der Waals surface area (Å²) in [5.74, 6) is 1.31. The van der Waals surface area contributed by atoms with Crippen molar-refractivity contribution in [3.63, 3.8) is 0 Å². The van der Waals surface area contributed by atoms with Crippen LogP contribution in [0.2, 0.25) is 0 Å². The van der Waals surface area contributed by atoms with E-state index >= 15 is 9.59 Å². The number of benzene rings is 2. The highest BCUT2D eigenvalue weighted by Gasteiger charge is 2.48. The van der Waals surface area contributed by atoms with Crippen molar-refractivity contribution in [3.05, 3.63) is 122 Å². The van der Waals surface area contributed by atoms with Crippen LogP contribution >= 0.6 is 45.3 Å². The summed E-state index contributed by atoms with van der Waals surface area (Å²) in [6.07, 6.45) is 51.1. The van der Waals surface area contributed by atoms with E-state index < -0.39 is 0 Å². The van der Waals surface area contributed by atoms with Gasteiger partial charge in [-0.15, -0.1) is 45.3 Å². The van der Waals surface area contributed by atoms with Crippen molar-refractivity contribution in [2.75, 3.05) is 13.1 Å². The van der Waals surface area contributed by atoms with Crippen molar-refractivity contribution in [1.82, 2.24) is 19.8 Å². The zero-order valence-electron chi connectivity index (χ0n) is 54.2. The molecule has 2 aromatic carbocycles. The molecule has 0 fully saturated rings. The van der Waals surface area contributed by atoms with E-state index in [0.717, 1.165) is 56.6 Å². The number of hydrogen-bond donors (Lipinski definition) is 0. The van der Waals surface area contributed by atoms with Crippen LogP contribution < -0.4 is 0 Å². The summed E-state index contributed by atoms with van der Waals surface area (Å²) in [6.45, 7) is 14.3. The lowest BCUT2D eigenvalue weighted by Crippen LogP contribution is -2.31. The minimum absolute atomic E-state index is 0.0791. The van der Waals surface area contributed by atoms with Crippen LogP contribution in [0.1, 0.15) is 272 Å². The molecule has 0 saturated heterocycles. The van der Waals surface area contributed by atoms with Gasteiger partial charge in [0.1, 0.15) is 5.01 Å². The van der Waals surface area contributed by atoms with E-state index in [0.29, 0.717) is 36.4 Å². The van der Waals surface area contributed by atoms with Gasteiger partial charge in [-0.25, -0.2) is 9.97 Å². The van der Waals surface area contributed by atoms with Gasteiger partial charge in [0.05, 0.1) is 31.6 Å². The van der Waals surface area contributed by atoms with E-state index in [4.69, 9.17) is 4.98 Å². The highest BCUT2D eigenvalue weighted by molar-refractivity contribution is 7.33. The molecule has 6 aromatic rings. The predicted molar refractivity (Wildman–Crippen MR) is 375 cm³/mol. The van der Waals surface area contributed by atoms with Crippen LogP contribution in [-0.4, -0.2) is 44.7 Å². The summed E-state index contributed by atoms with van der Waals surface area (Å²) in [5.41, 5.74) is 7.82. The minimum Gasteiger partial charge on any atom is -0.311 e. The number of fused-ring (bicyclic) bond motifs is 2. The second-order valence-electron chi connectivity index (χ2n) is 25.7. The Morgan fingerprint density at radius 2 is 0.756 bits per heavy atom. The number of rotatable bonds is 45. The average molecular weight is 1240 g/mol. The SMILES string of the molecule is CCCCCCCCCCC(CCCCCCCC)Cc1ccc(CCN2C(=O)C3=C(c4ncc(-c5cc6sc(-c7cnc(C)s7)cc6s5)s4)N(CCc4ccc(CC(CCCCCCCC)CCCCCCCCCC)cc4)C(=O)C3=C2C)cc1. The first-order chi connectivity index (χ1) is 42.2. The molecule has 2 atom stereocenters. The highest BCUT2D eigenvalue weighted by atomic mass is 32.1. The molecule has 468 valence electrons. The number of thiophene rings is 2. The third kappa shape index (κ3) is 20.4. The first-order valence-electron chi connectivity index (χ1n) is 34.8. The summed E-state index contributed by atoms with van der Waals surface area (Å²) >= 11 is 6.93. The molecular formula is C76H108N4O2S4. The molecule has 0 bridgehead atoms. The number of nitrogens with zero attached hydrogens (tertiary/aromatic N) is 4. The van der Waals surface area contributed by atoms with Gasteiger partial charge in [0, 0.05) is 50.3 Å². The van der Waals surface area contributed by atoms with Crippen LogP contribution in [0.3, 0.4) is 0 Å². The zero-order chi connectivity index (χ0) is 60.3. The van der Waals surface area contributed by atoms with Gasteiger partial charge >= 0.3 is 0 Å². The predicted octanol–water partition coefficient (Wildman–Crippen LogP) is 23.6. The number of thiazole rings is 2. The largest absolute Gasteiger partial charge is 0.311 e. The maximum absolute atomic E-state index is 15.0. The van der Waals surface area contributed by atoms with Gasteiger partial charge in [0.2, 0.25) is 0 Å². The Kier molecular flexibility index (Phi) is 29.2. The van der Waals surface area contributed by atoms with Crippen LogP contribution in [0.4, 0.5) is 0 Å². The van der Waals surface area contributed by atoms with Crippen molar-refractivity contribution in [1.29, 1.82) is 0 Å². The molecule has 4 aromatic heterocycles. The lowest BCUT2D eigenvalue weighted by atomic mass is 9.88. The minimum atomic E-state index is -0.0791. The summed E-state index contributed by atoms with van der Waals surface area (Å²) < 4.78 is 2.50. The van der Waals surface area contributed by atoms with Crippen LogP contribution in [0.5, 0.6) is 0 Å². The van der Waals surface area contributed by atoms with Gasteiger partial charge in [-0.3, -0.25) is 9.59 Å². The molecule has 0 N–H and O–H groups in total. The first kappa shape index (κ1) is 67.7. The summed E-state index contributed by atoms with van der Waals surface area (Å²) in [4.78, 5) is 48.1. The maximum atomic E-state index is 15.0. The molecule has 8 rings (SSSR count). The van der Waals surface area contributed by atoms with Crippen molar-refractivity contribution in [2.24, 2.45) is 11.8 Å². The third-order valence-corrected chi connectivity index (χ3v) is 23.3. The van der Waals surface area contributed by atoms with Gasteiger partial charge in [-0.05, 0) is 85.8 Å². The lowest BCUT2D eigenvalue weighted by Gasteiger charge is -2.23. The van der Waals surface area contributed by atoms with E-state index in [1.807, 2.05) is 40.5 Å². The van der Waals surface area contributed by atoms with Gasteiger partial charge in [0.15, 0.2) is 0 Å². The molecule has 2 aliphatic rings. The standard InChI is InChI=1S/C76H108N4O2S4/c1-7-11-15-19-23-25-29-33-37-61(35-31-27-21-17-13-9-3)51-63-43-39-59(40-44-63)47-49-79-57(5)71-72(76(79)82)73(74-78-56-70(86-74)68-54-66-65(85-68)53-67(84-66)69-55-77-58(6)83-69)80(75(71)81)50-48-60-41-45-64(46-42-60)52-62(36-32-28-22-18-14-10-4)38-34-30-26-24-20-16-12-8-2/h39-46,53-56,61-62H,7-38,47-52H2,1-6H3. The Bertz CT molecular complexity index is 2980. The Labute approximate surface area is 537 Å². The number of carbonyl (C=O) groups is 2.